The highest BCUT2D eigenvalue weighted by Gasteiger charge is 2.48. The largest absolute Gasteiger partial charge is 0.444 e. The van der Waals surface area contributed by atoms with Crippen molar-refractivity contribution in [1.29, 1.82) is 0 Å². The number of carbonyl (C=O) groups is 4. The van der Waals surface area contributed by atoms with Crippen molar-refractivity contribution in [2.75, 3.05) is 19.7 Å². The summed E-state index contributed by atoms with van der Waals surface area (Å²) >= 11 is 0. The number of urea groups is 1. The van der Waals surface area contributed by atoms with Crippen LogP contribution in [-0.4, -0.2) is 85.7 Å². The minimum absolute atomic E-state index is 0.0840. The number of rotatable bonds is 10. The molecule has 38 heavy (non-hydrogen) atoms. The van der Waals surface area contributed by atoms with Gasteiger partial charge in [0.2, 0.25) is 0 Å². The fourth-order valence-corrected chi connectivity index (χ4v) is 5.13. The van der Waals surface area contributed by atoms with E-state index in [0.717, 1.165) is 12.8 Å². The SMILES string of the molecule is CCCCON1C(=O)N2C[C@@H]1CC[C@H]2C(=O)NNC(=O)C(CNC(=O)OC(C)(C)C)O[Si](C)(C)C(C)(C)C. The molecule has 3 atom stereocenters. The van der Waals surface area contributed by atoms with Crippen LogP contribution in [0, 0.1) is 0 Å². The molecule has 0 aromatic rings. The van der Waals surface area contributed by atoms with Gasteiger partial charge < -0.3 is 19.4 Å². The van der Waals surface area contributed by atoms with Crippen LogP contribution in [0.15, 0.2) is 0 Å². The molecule has 218 valence electrons. The standard InChI is InChI=1S/C25H47N5O7Si/c1-10-11-14-35-30-17-12-13-18(29(16-17)23(30)34)20(31)27-28-21(32)19(37-38(8,9)25(5,6)7)15-26-22(33)36-24(2,3)4/h17-19H,10-16H2,1-9H3,(H,26,33)(H,27,31)(H,28,32)/t17-,18-,19?/m0/s1. The third-order valence-corrected chi connectivity index (χ3v) is 11.5. The number of hydrogen-bond acceptors (Lipinski definition) is 7. The minimum atomic E-state index is -2.42. The highest BCUT2D eigenvalue weighted by atomic mass is 28.4. The molecule has 0 spiro atoms. The van der Waals surface area contributed by atoms with E-state index in [1.54, 1.807) is 20.8 Å². The third-order valence-electron chi connectivity index (χ3n) is 7.03. The lowest BCUT2D eigenvalue weighted by atomic mass is 10.0. The summed E-state index contributed by atoms with van der Waals surface area (Å²) in [5, 5.41) is 3.78. The fraction of sp³-hybridized carbons (Fsp3) is 0.840. The van der Waals surface area contributed by atoms with Crippen LogP contribution in [0.3, 0.4) is 0 Å². The van der Waals surface area contributed by atoms with E-state index >= 15 is 0 Å². The van der Waals surface area contributed by atoms with Crippen molar-refractivity contribution in [3.05, 3.63) is 0 Å². The van der Waals surface area contributed by atoms with E-state index in [-0.39, 0.29) is 23.7 Å². The predicted octanol–water partition coefficient (Wildman–Crippen LogP) is 3.05. The maximum atomic E-state index is 13.1. The number of hydroxylamine groups is 2. The van der Waals surface area contributed by atoms with E-state index in [1.807, 2.05) is 40.8 Å². The highest BCUT2D eigenvalue weighted by molar-refractivity contribution is 6.74. The summed E-state index contributed by atoms with van der Waals surface area (Å²) in [6.07, 6.45) is 1.14. The van der Waals surface area contributed by atoms with Crippen LogP contribution in [0.1, 0.15) is 74.1 Å². The van der Waals surface area contributed by atoms with E-state index in [9.17, 15) is 19.2 Å². The van der Waals surface area contributed by atoms with Crippen LogP contribution < -0.4 is 16.2 Å². The van der Waals surface area contributed by atoms with Crippen LogP contribution in [-0.2, 0) is 23.6 Å². The van der Waals surface area contributed by atoms with Crippen LogP contribution in [0.4, 0.5) is 9.59 Å². The molecule has 2 aliphatic rings. The number of hydrogen-bond donors (Lipinski definition) is 3. The van der Waals surface area contributed by atoms with Gasteiger partial charge >= 0.3 is 12.1 Å². The maximum Gasteiger partial charge on any atom is 0.407 e. The summed E-state index contributed by atoms with van der Waals surface area (Å²) in [4.78, 5) is 58.3. The van der Waals surface area contributed by atoms with Gasteiger partial charge in [-0.2, -0.15) is 5.06 Å². The molecule has 0 aromatic carbocycles. The van der Waals surface area contributed by atoms with Crippen molar-refractivity contribution >= 4 is 32.3 Å². The summed E-state index contributed by atoms with van der Waals surface area (Å²) < 4.78 is 11.5. The lowest BCUT2D eigenvalue weighted by Gasteiger charge is -2.38. The molecule has 0 radical (unpaired) electrons. The molecule has 13 heteroatoms. The Hall–Kier alpha value is -2.38. The number of fused-ring (bicyclic) bond motifs is 2. The van der Waals surface area contributed by atoms with Gasteiger partial charge in [0.05, 0.1) is 19.2 Å². The molecule has 2 fully saturated rings. The molecule has 2 aliphatic heterocycles. The second kappa shape index (κ2) is 12.6. The molecular formula is C25H47N5O7Si. The van der Waals surface area contributed by atoms with E-state index in [1.165, 1.54) is 9.96 Å². The smallest absolute Gasteiger partial charge is 0.407 e. The summed E-state index contributed by atoms with van der Waals surface area (Å²) in [5.41, 5.74) is 4.19. The molecule has 0 aliphatic carbocycles. The van der Waals surface area contributed by atoms with Gasteiger partial charge in [0.15, 0.2) is 8.32 Å². The molecule has 1 unspecified atom stereocenters. The lowest BCUT2D eigenvalue weighted by molar-refractivity contribution is -0.135. The van der Waals surface area contributed by atoms with Crippen LogP contribution in [0.5, 0.6) is 0 Å². The first-order chi connectivity index (χ1) is 17.5. The summed E-state index contributed by atoms with van der Waals surface area (Å²) in [7, 11) is -2.42. The van der Waals surface area contributed by atoms with Gasteiger partial charge in [0, 0.05) is 6.54 Å². The number of ether oxygens (including phenoxy) is 1. The molecular weight excluding hydrogens is 510 g/mol. The predicted molar refractivity (Wildman–Crippen MR) is 144 cm³/mol. The van der Waals surface area contributed by atoms with Crippen molar-refractivity contribution in [3.8, 4) is 0 Å². The summed E-state index contributed by atoms with van der Waals surface area (Å²) in [6.45, 7) is 18.1. The summed E-state index contributed by atoms with van der Waals surface area (Å²) in [5.74, 6) is -1.10. The second-order valence-electron chi connectivity index (χ2n) is 12.4. The van der Waals surface area contributed by atoms with E-state index in [4.69, 9.17) is 14.0 Å². The molecule has 12 nitrogen and oxygen atoms in total. The van der Waals surface area contributed by atoms with Gasteiger partial charge in [-0.25, -0.2) is 9.59 Å². The average molecular weight is 558 g/mol. The number of amides is 5. The van der Waals surface area contributed by atoms with Crippen molar-refractivity contribution in [2.24, 2.45) is 0 Å². The number of piperidine rings is 1. The number of carbonyl (C=O) groups excluding carboxylic acids is 4. The van der Waals surface area contributed by atoms with Crippen LogP contribution in [0.2, 0.25) is 18.1 Å². The topological polar surface area (TPSA) is 139 Å². The van der Waals surface area contributed by atoms with Gasteiger partial charge in [-0.05, 0) is 58.2 Å². The molecule has 0 aromatic heterocycles. The molecule has 3 N–H and O–H groups in total. The molecule has 2 rings (SSSR count). The zero-order valence-electron chi connectivity index (χ0n) is 24.4. The Labute approximate surface area is 227 Å². The second-order valence-corrected chi connectivity index (χ2v) is 17.2. The molecule has 2 saturated heterocycles. The number of hydrazine groups is 1. The number of nitrogens with one attached hydrogen (secondary N) is 3. The lowest BCUT2D eigenvalue weighted by Crippen LogP contribution is -2.58. The van der Waals surface area contributed by atoms with Gasteiger partial charge in [-0.1, -0.05) is 34.1 Å². The molecule has 2 bridgehead atoms. The van der Waals surface area contributed by atoms with E-state index < -0.39 is 44.0 Å². The zero-order valence-corrected chi connectivity index (χ0v) is 25.4. The Morgan fingerprint density at radius 2 is 1.74 bits per heavy atom. The van der Waals surface area contributed by atoms with Crippen LogP contribution >= 0.6 is 0 Å². The van der Waals surface area contributed by atoms with Crippen molar-refractivity contribution in [3.63, 3.8) is 0 Å². The third kappa shape index (κ3) is 8.57. The maximum absolute atomic E-state index is 13.1. The van der Waals surface area contributed by atoms with E-state index in [2.05, 4.69) is 16.2 Å². The average Bonchev–Trinajstić information content (AvgIpc) is 3.02. The first-order valence-corrected chi connectivity index (χ1v) is 16.3. The first kappa shape index (κ1) is 31.8. The fourth-order valence-electron chi connectivity index (χ4n) is 3.88. The Kier molecular flexibility index (Phi) is 10.6. The Balaban J connectivity index is 2.01. The van der Waals surface area contributed by atoms with Gasteiger partial charge in [-0.15, -0.1) is 0 Å². The molecule has 2 heterocycles. The van der Waals surface area contributed by atoms with E-state index in [0.29, 0.717) is 26.0 Å². The van der Waals surface area contributed by atoms with Crippen molar-refractivity contribution < 1.29 is 33.2 Å². The van der Waals surface area contributed by atoms with Crippen molar-refractivity contribution in [2.45, 2.75) is 116 Å². The Bertz CT molecular complexity index is 871. The Morgan fingerprint density at radius 3 is 2.32 bits per heavy atom. The quantitative estimate of drug-likeness (QED) is 0.213. The van der Waals surface area contributed by atoms with Gasteiger partial charge in [0.25, 0.3) is 11.8 Å². The number of unbranched alkanes of at least 4 members (excludes halogenated alkanes) is 1. The normalized spacial score (nSPS) is 20.7. The zero-order chi connectivity index (χ0) is 28.9. The van der Waals surface area contributed by atoms with Crippen molar-refractivity contribution in [1.82, 2.24) is 26.1 Å². The minimum Gasteiger partial charge on any atom is -0.444 e. The van der Waals surface area contributed by atoms with Crippen LogP contribution in [0.25, 0.3) is 0 Å². The Morgan fingerprint density at radius 1 is 1.08 bits per heavy atom. The number of nitrogens with zero attached hydrogens (tertiary/aromatic N) is 2. The summed E-state index contributed by atoms with van der Waals surface area (Å²) in [6, 6.07) is -1.14. The number of alkyl carbamates (subject to hydrolysis) is 1. The van der Waals surface area contributed by atoms with Gasteiger partial charge in [-0.3, -0.25) is 25.3 Å². The monoisotopic (exact) mass is 557 g/mol. The van der Waals surface area contributed by atoms with Gasteiger partial charge in [0.1, 0.15) is 17.7 Å². The highest BCUT2D eigenvalue weighted by Crippen LogP contribution is 2.37. The first-order valence-electron chi connectivity index (χ1n) is 13.4. The molecule has 5 amide bonds. The molecule has 0 saturated carbocycles.